The van der Waals surface area contributed by atoms with E-state index in [-0.39, 0.29) is 18.4 Å². The van der Waals surface area contributed by atoms with E-state index in [0.29, 0.717) is 6.61 Å². The van der Waals surface area contributed by atoms with Crippen LogP contribution in [0.15, 0.2) is 18.2 Å². The highest BCUT2D eigenvalue weighted by Gasteiger charge is 2.17. The molecule has 0 bridgehead atoms. The first-order valence-corrected chi connectivity index (χ1v) is 6.28. The Labute approximate surface area is 107 Å². The standard InChI is InChI=1S/C14H19NO3/c1-17-14(16)7-8-18-11-6-5-10-3-2-4-13(15)12(10)9-11/h5-6,9,13H,2-4,7-8,15H2,1H3. The Morgan fingerprint density at radius 2 is 2.33 bits per heavy atom. The highest BCUT2D eigenvalue weighted by molar-refractivity contribution is 5.69. The summed E-state index contributed by atoms with van der Waals surface area (Å²) in [7, 11) is 1.38. The molecule has 1 atom stereocenters. The lowest BCUT2D eigenvalue weighted by Gasteiger charge is -2.22. The second kappa shape index (κ2) is 5.87. The molecule has 0 fully saturated rings. The predicted molar refractivity (Wildman–Crippen MR) is 68.4 cm³/mol. The van der Waals surface area contributed by atoms with Crippen molar-refractivity contribution in [3.05, 3.63) is 29.3 Å². The van der Waals surface area contributed by atoms with Crippen LogP contribution in [0, 0.1) is 0 Å². The van der Waals surface area contributed by atoms with E-state index in [1.54, 1.807) is 0 Å². The lowest BCUT2D eigenvalue weighted by Crippen LogP contribution is -2.17. The molecule has 18 heavy (non-hydrogen) atoms. The Kier molecular flexibility index (Phi) is 4.20. The summed E-state index contributed by atoms with van der Waals surface area (Å²) in [6.07, 6.45) is 3.53. The molecular formula is C14H19NO3. The van der Waals surface area contributed by atoms with Gasteiger partial charge in [-0.2, -0.15) is 0 Å². The van der Waals surface area contributed by atoms with Crippen LogP contribution >= 0.6 is 0 Å². The summed E-state index contributed by atoms with van der Waals surface area (Å²) >= 11 is 0. The molecule has 0 saturated carbocycles. The van der Waals surface area contributed by atoms with Crippen LogP contribution in [0.4, 0.5) is 0 Å². The van der Waals surface area contributed by atoms with Crippen LogP contribution < -0.4 is 10.5 Å². The van der Waals surface area contributed by atoms with Crippen molar-refractivity contribution in [2.75, 3.05) is 13.7 Å². The van der Waals surface area contributed by atoms with Crippen molar-refractivity contribution < 1.29 is 14.3 Å². The van der Waals surface area contributed by atoms with Gasteiger partial charge in [0.15, 0.2) is 0 Å². The summed E-state index contributed by atoms with van der Waals surface area (Å²) in [5.41, 5.74) is 8.58. The summed E-state index contributed by atoms with van der Waals surface area (Å²) in [6, 6.07) is 6.12. The van der Waals surface area contributed by atoms with Crippen LogP contribution in [-0.2, 0) is 16.0 Å². The monoisotopic (exact) mass is 249 g/mol. The summed E-state index contributed by atoms with van der Waals surface area (Å²) in [4.78, 5) is 11.0. The fourth-order valence-corrected chi connectivity index (χ4v) is 2.26. The second-order valence-electron chi connectivity index (χ2n) is 4.53. The predicted octanol–water partition coefficient (Wildman–Crippen LogP) is 1.96. The second-order valence-corrected chi connectivity index (χ2v) is 4.53. The van der Waals surface area contributed by atoms with Crippen LogP contribution in [0.5, 0.6) is 5.75 Å². The maximum Gasteiger partial charge on any atom is 0.308 e. The van der Waals surface area contributed by atoms with E-state index < -0.39 is 0 Å². The van der Waals surface area contributed by atoms with E-state index in [0.717, 1.165) is 25.0 Å². The van der Waals surface area contributed by atoms with Crippen molar-refractivity contribution >= 4 is 5.97 Å². The van der Waals surface area contributed by atoms with Crippen molar-refractivity contribution in [2.24, 2.45) is 5.73 Å². The van der Waals surface area contributed by atoms with Crippen molar-refractivity contribution in [3.63, 3.8) is 0 Å². The zero-order valence-electron chi connectivity index (χ0n) is 10.6. The van der Waals surface area contributed by atoms with Gasteiger partial charge >= 0.3 is 5.97 Å². The quantitative estimate of drug-likeness (QED) is 0.829. The molecule has 1 aromatic rings. The zero-order chi connectivity index (χ0) is 13.0. The molecule has 0 amide bonds. The molecule has 0 aliphatic heterocycles. The summed E-state index contributed by atoms with van der Waals surface area (Å²) in [6.45, 7) is 0.334. The van der Waals surface area contributed by atoms with Gasteiger partial charge in [0, 0.05) is 6.04 Å². The Morgan fingerprint density at radius 3 is 3.11 bits per heavy atom. The SMILES string of the molecule is COC(=O)CCOc1ccc2c(c1)C(N)CCC2. The zero-order valence-corrected chi connectivity index (χ0v) is 10.6. The molecule has 1 aliphatic carbocycles. The van der Waals surface area contributed by atoms with Crippen LogP contribution in [0.3, 0.4) is 0 Å². The number of esters is 1. The van der Waals surface area contributed by atoms with Crippen molar-refractivity contribution in [2.45, 2.75) is 31.7 Å². The molecule has 0 radical (unpaired) electrons. The van der Waals surface area contributed by atoms with Gasteiger partial charge in [-0.3, -0.25) is 4.79 Å². The Hall–Kier alpha value is -1.55. The summed E-state index contributed by atoms with van der Waals surface area (Å²) in [5, 5.41) is 0. The molecule has 1 aromatic carbocycles. The Balaban J connectivity index is 1.98. The van der Waals surface area contributed by atoms with E-state index in [1.165, 1.54) is 18.2 Å². The molecule has 98 valence electrons. The van der Waals surface area contributed by atoms with E-state index in [2.05, 4.69) is 10.8 Å². The van der Waals surface area contributed by atoms with Crippen LogP contribution in [0.25, 0.3) is 0 Å². The molecule has 1 unspecified atom stereocenters. The number of methoxy groups -OCH3 is 1. The van der Waals surface area contributed by atoms with E-state index in [9.17, 15) is 4.79 Å². The maximum atomic E-state index is 11.0. The van der Waals surface area contributed by atoms with Gasteiger partial charge in [0.2, 0.25) is 0 Å². The minimum Gasteiger partial charge on any atom is -0.493 e. The highest BCUT2D eigenvalue weighted by Crippen LogP contribution is 2.30. The van der Waals surface area contributed by atoms with Crippen LogP contribution in [0.2, 0.25) is 0 Å². The van der Waals surface area contributed by atoms with Gasteiger partial charge in [-0.15, -0.1) is 0 Å². The van der Waals surface area contributed by atoms with Gasteiger partial charge in [0.25, 0.3) is 0 Å². The third-order valence-corrected chi connectivity index (χ3v) is 3.28. The first kappa shape index (κ1) is 12.9. The van der Waals surface area contributed by atoms with Crippen molar-refractivity contribution in [1.29, 1.82) is 0 Å². The largest absolute Gasteiger partial charge is 0.493 e. The number of fused-ring (bicyclic) bond motifs is 1. The smallest absolute Gasteiger partial charge is 0.308 e. The summed E-state index contributed by atoms with van der Waals surface area (Å²) < 4.78 is 10.1. The summed E-state index contributed by atoms with van der Waals surface area (Å²) in [5.74, 6) is 0.514. The number of hydrogen-bond acceptors (Lipinski definition) is 4. The molecule has 4 heteroatoms. The fraction of sp³-hybridized carbons (Fsp3) is 0.500. The average Bonchev–Trinajstić information content (AvgIpc) is 2.39. The molecular weight excluding hydrogens is 230 g/mol. The van der Waals surface area contributed by atoms with Gasteiger partial charge in [0.05, 0.1) is 20.1 Å². The van der Waals surface area contributed by atoms with Gasteiger partial charge in [-0.1, -0.05) is 6.07 Å². The third kappa shape index (κ3) is 3.01. The number of rotatable bonds is 4. The first-order chi connectivity index (χ1) is 8.70. The molecule has 4 nitrogen and oxygen atoms in total. The third-order valence-electron chi connectivity index (χ3n) is 3.28. The topological polar surface area (TPSA) is 61.5 Å². The lowest BCUT2D eigenvalue weighted by molar-refractivity contribution is -0.141. The number of carbonyl (C=O) groups excluding carboxylic acids is 1. The van der Waals surface area contributed by atoms with Crippen molar-refractivity contribution in [1.82, 2.24) is 0 Å². The molecule has 1 aliphatic rings. The van der Waals surface area contributed by atoms with Crippen LogP contribution in [-0.4, -0.2) is 19.7 Å². The molecule has 0 saturated heterocycles. The number of aryl methyl sites for hydroxylation is 1. The van der Waals surface area contributed by atoms with Gasteiger partial charge < -0.3 is 15.2 Å². The number of nitrogens with two attached hydrogens (primary N) is 1. The molecule has 0 heterocycles. The molecule has 2 rings (SSSR count). The number of carbonyl (C=O) groups is 1. The lowest BCUT2D eigenvalue weighted by atomic mass is 9.88. The number of hydrogen-bond donors (Lipinski definition) is 1. The van der Waals surface area contributed by atoms with E-state index in [4.69, 9.17) is 10.5 Å². The van der Waals surface area contributed by atoms with Gasteiger partial charge in [-0.05, 0) is 42.5 Å². The maximum absolute atomic E-state index is 11.0. The van der Waals surface area contributed by atoms with Crippen LogP contribution in [0.1, 0.15) is 36.4 Å². The fourth-order valence-electron chi connectivity index (χ4n) is 2.26. The number of ether oxygens (including phenoxy) is 2. The minimum atomic E-state index is -0.260. The number of benzene rings is 1. The Bertz CT molecular complexity index is 431. The van der Waals surface area contributed by atoms with Gasteiger partial charge in [-0.25, -0.2) is 0 Å². The average molecular weight is 249 g/mol. The molecule has 0 spiro atoms. The Morgan fingerprint density at radius 1 is 1.50 bits per heavy atom. The first-order valence-electron chi connectivity index (χ1n) is 6.28. The molecule has 2 N–H and O–H groups in total. The van der Waals surface area contributed by atoms with Crippen molar-refractivity contribution in [3.8, 4) is 5.75 Å². The van der Waals surface area contributed by atoms with E-state index >= 15 is 0 Å². The van der Waals surface area contributed by atoms with E-state index in [1.807, 2.05) is 12.1 Å². The molecule has 0 aromatic heterocycles. The van der Waals surface area contributed by atoms with Gasteiger partial charge in [0.1, 0.15) is 5.75 Å². The highest BCUT2D eigenvalue weighted by atomic mass is 16.5. The minimum absolute atomic E-state index is 0.109. The normalized spacial score (nSPS) is 18.0.